The molecule has 5 nitrogen and oxygen atoms in total. The van der Waals surface area contributed by atoms with E-state index in [4.69, 9.17) is 11.6 Å². The van der Waals surface area contributed by atoms with Gasteiger partial charge in [0.1, 0.15) is 10.7 Å². The fourth-order valence-corrected chi connectivity index (χ4v) is 3.92. The fraction of sp³-hybridized carbons (Fsp3) is 0.158. The molecule has 0 unspecified atom stereocenters. The molecule has 0 bridgehead atoms. The van der Waals surface area contributed by atoms with Gasteiger partial charge in [-0.3, -0.25) is 4.79 Å². The standard InChI is InChI=1S/C19H17ClFN3O2S/c1-10(2)22-19(26)24-14-6-4-3-5-13(14)23-18(25)17-16(20)12-8-7-11(21)9-15(12)27-17/h3-10H,1-2H3,(H,23,25)(H2,22,24,26). The molecule has 27 heavy (non-hydrogen) atoms. The quantitative estimate of drug-likeness (QED) is 0.538. The molecule has 2 aromatic carbocycles. The normalized spacial score (nSPS) is 10.9. The summed E-state index contributed by atoms with van der Waals surface area (Å²) < 4.78 is 14.0. The first-order valence-electron chi connectivity index (χ1n) is 8.20. The van der Waals surface area contributed by atoms with Crippen LogP contribution in [0, 0.1) is 5.82 Å². The third-order valence-corrected chi connectivity index (χ3v) is 5.30. The molecule has 0 saturated heterocycles. The number of urea groups is 1. The van der Waals surface area contributed by atoms with Crippen molar-refractivity contribution in [1.29, 1.82) is 0 Å². The Bertz CT molecular complexity index is 1020. The smallest absolute Gasteiger partial charge is 0.319 e. The highest BCUT2D eigenvalue weighted by Gasteiger charge is 2.19. The lowest BCUT2D eigenvalue weighted by molar-refractivity contribution is 0.103. The Morgan fingerprint density at radius 3 is 2.41 bits per heavy atom. The minimum Gasteiger partial charge on any atom is -0.336 e. The second kappa shape index (κ2) is 7.94. The molecule has 0 saturated carbocycles. The van der Waals surface area contributed by atoms with Crippen LogP contribution in [-0.2, 0) is 0 Å². The van der Waals surface area contributed by atoms with Crippen LogP contribution in [0.4, 0.5) is 20.6 Å². The lowest BCUT2D eigenvalue weighted by Gasteiger charge is -2.14. The van der Waals surface area contributed by atoms with Gasteiger partial charge in [0.25, 0.3) is 5.91 Å². The summed E-state index contributed by atoms with van der Waals surface area (Å²) in [4.78, 5) is 24.9. The van der Waals surface area contributed by atoms with E-state index in [1.54, 1.807) is 30.3 Å². The molecular weight excluding hydrogens is 389 g/mol. The number of para-hydroxylation sites is 2. The molecule has 0 atom stereocenters. The maximum atomic E-state index is 13.4. The molecule has 0 aliphatic carbocycles. The molecule has 0 aliphatic rings. The summed E-state index contributed by atoms with van der Waals surface area (Å²) in [6.45, 7) is 3.69. The molecule has 1 aromatic heterocycles. The Hall–Kier alpha value is -2.64. The fourth-order valence-electron chi connectivity index (χ4n) is 2.49. The van der Waals surface area contributed by atoms with Crippen molar-refractivity contribution in [3.05, 3.63) is 58.2 Å². The first-order chi connectivity index (χ1) is 12.8. The van der Waals surface area contributed by atoms with Crippen LogP contribution in [0.25, 0.3) is 10.1 Å². The number of hydrogen-bond donors (Lipinski definition) is 3. The summed E-state index contributed by atoms with van der Waals surface area (Å²) >= 11 is 7.41. The number of rotatable bonds is 4. The Labute approximate surface area is 164 Å². The van der Waals surface area contributed by atoms with Gasteiger partial charge in [0.2, 0.25) is 0 Å². The van der Waals surface area contributed by atoms with Crippen molar-refractivity contribution in [3.63, 3.8) is 0 Å². The van der Waals surface area contributed by atoms with Crippen molar-refractivity contribution in [2.24, 2.45) is 0 Å². The number of fused-ring (bicyclic) bond motifs is 1. The molecule has 0 fully saturated rings. The largest absolute Gasteiger partial charge is 0.336 e. The molecule has 8 heteroatoms. The van der Waals surface area contributed by atoms with Gasteiger partial charge in [0, 0.05) is 16.1 Å². The summed E-state index contributed by atoms with van der Waals surface area (Å²) in [5.74, 6) is -0.821. The molecule has 1 heterocycles. The van der Waals surface area contributed by atoms with E-state index in [0.29, 0.717) is 21.5 Å². The van der Waals surface area contributed by atoms with Crippen LogP contribution in [0.3, 0.4) is 0 Å². The summed E-state index contributed by atoms with van der Waals surface area (Å²) in [6, 6.07) is 10.6. The summed E-state index contributed by atoms with van der Waals surface area (Å²) in [5.41, 5.74) is 0.883. The van der Waals surface area contributed by atoms with Crippen LogP contribution in [-0.4, -0.2) is 18.0 Å². The number of hydrogen-bond acceptors (Lipinski definition) is 3. The van der Waals surface area contributed by atoms with Crippen LogP contribution in [0.15, 0.2) is 42.5 Å². The summed E-state index contributed by atoms with van der Waals surface area (Å²) in [7, 11) is 0. The van der Waals surface area contributed by atoms with Crippen molar-refractivity contribution >= 4 is 56.3 Å². The number of carbonyl (C=O) groups is 2. The Morgan fingerprint density at radius 2 is 1.74 bits per heavy atom. The lowest BCUT2D eigenvalue weighted by atomic mass is 10.2. The third kappa shape index (κ3) is 4.37. The van der Waals surface area contributed by atoms with Crippen LogP contribution < -0.4 is 16.0 Å². The van der Waals surface area contributed by atoms with E-state index in [1.165, 1.54) is 12.1 Å². The van der Waals surface area contributed by atoms with Crippen molar-refractivity contribution < 1.29 is 14.0 Å². The Morgan fingerprint density at radius 1 is 1.07 bits per heavy atom. The number of amides is 3. The van der Waals surface area contributed by atoms with Gasteiger partial charge in [0.05, 0.1) is 16.4 Å². The average Bonchev–Trinajstić information content (AvgIpc) is 2.92. The van der Waals surface area contributed by atoms with E-state index in [-0.39, 0.29) is 22.0 Å². The minimum atomic E-state index is -0.430. The molecule has 3 N–H and O–H groups in total. The van der Waals surface area contributed by atoms with E-state index < -0.39 is 11.7 Å². The van der Waals surface area contributed by atoms with Gasteiger partial charge in [-0.1, -0.05) is 23.7 Å². The maximum Gasteiger partial charge on any atom is 0.319 e. The topological polar surface area (TPSA) is 70.2 Å². The molecular formula is C19H17ClFN3O2S. The predicted molar refractivity (Wildman–Crippen MR) is 108 cm³/mol. The summed E-state index contributed by atoms with van der Waals surface area (Å²) in [6.07, 6.45) is 0. The highest BCUT2D eigenvalue weighted by Crippen LogP contribution is 2.36. The van der Waals surface area contributed by atoms with E-state index in [2.05, 4.69) is 16.0 Å². The van der Waals surface area contributed by atoms with E-state index in [0.717, 1.165) is 11.3 Å². The van der Waals surface area contributed by atoms with Crippen molar-refractivity contribution in [3.8, 4) is 0 Å². The second-order valence-electron chi connectivity index (χ2n) is 6.14. The number of carbonyl (C=O) groups excluding carboxylic acids is 2. The predicted octanol–water partition coefficient (Wildman–Crippen LogP) is 5.48. The molecule has 3 amide bonds. The Balaban J connectivity index is 1.84. The maximum absolute atomic E-state index is 13.4. The Kier molecular flexibility index (Phi) is 5.62. The van der Waals surface area contributed by atoms with Gasteiger partial charge in [-0.2, -0.15) is 0 Å². The average molecular weight is 406 g/mol. The zero-order valence-corrected chi connectivity index (χ0v) is 16.2. The first kappa shape index (κ1) is 19.1. The number of nitrogens with one attached hydrogen (secondary N) is 3. The highest BCUT2D eigenvalue weighted by atomic mass is 35.5. The van der Waals surface area contributed by atoms with Crippen molar-refractivity contribution in [2.75, 3.05) is 10.6 Å². The van der Waals surface area contributed by atoms with Gasteiger partial charge in [0.15, 0.2) is 0 Å². The highest BCUT2D eigenvalue weighted by molar-refractivity contribution is 7.21. The minimum absolute atomic E-state index is 0.0236. The lowest BCUT2D eigenvalue weighted by Crippen LogP contribution is -2.34. The molecule has 0 aliphatic heterocycles. The number of benzene rings is 2. The van der Waals surface area contributed by atoms with Crippen molar-refractivity contribution in [2.45, 2.75) is 19.9 Å². The van der Waals surface area contributed by atoms with Gasteiger partial charge in [-0.15, -0.1) is 11.3 Å². The van der Waals surface area contributed by atoms with E-state index in [1.807, 2.05) is 13.8 Å². The SMILES string of the molecule is CC(C)NC(=O)Nc1ccccc1NC(=O)c1sc2cc(F)ccc2c1Cl. The second-order valence-corrected chi connectivity index (χ2v) is 7.57. The molecule has 3 aromatic rings. The molecule has 140 valence electrons. The number of anilines is 2. The molecule has 3 rings (SSSR count). The monoisotopic (exact) mass is 405 g/mol. The van der Waals surface area contributed by atoms with Gasteiger partial charge >= 0.3 is 6.03 Å². The zero-order chi connectivity index (χ0) is 19.6. The summed E-state index contributed by atoms with van der Waals surface area (Å²) in [5, 5.41) is 9.07. The van der Waals surface area contributed by atoms with Gasteiger partial charge in [-0.25, -0.2) is 9.18 Å². The first-order valence-corrected chi connectivity index (χ1v) is 9.40. The van der Waals surface area contributed by atoms with Gasteiger partial charge in [-0.05, 0) is 44.2 Å². The van der Waals surface area contributed by atoms with Crippen molar-refractivity contribution in [1.82, 2.24) is 5.32 Å². The number of halogens is 2. The van der Waals surface area contributed by atoms with Crippen LogP contribution in [0.2, 0.25) is 5.02 Å². The third-order valence-electron chi connectivity index (χ3n) is 3.64. The van der Waals surface area contributed by atoms with Crippen LogP contribution >= 0.6 is 22.9 Å². The van der Waals surface area contributed by atoms with Crippen LogP contribution in [0.5, 0.6) is 0 Å². The molecule has 0 spiro atoms. The molecule has 0 radical (unpaired) electrons. The van der Waals surface area contributed by atoms with E-state index in [9.17, 15) is 14.0 Å². The van der Waals surface area contributed by atoms with Crippen LogP contribution in [0.1, 0.15) is 23.5 Å². The van der Waals surface area contributed by atoms with Gasteiger partial charge < -0.3 is 16.0 Å². The van der Waals surface area contributed by atoms with E-state index >= 15 is 0 Å². The zero-order valence-electron chi connectivity index (χ0n) is 14.6. The number of thiophene rings is 1.